The number of carbonyl (C=O) groups excluding carboxylic acids is 1. The third-order valence-corrected chi connectivity index (χ3v) is 5.24. The van der Waals surface area contributed by atoms with Crippen LogP contribution in [0.5, 0.6) is 0 Å². The summed E-state index contributed by atoms with van der Waals surface area (Å²) in [6.45, 7) is 1.87. The Morgan fingerprint density at radius 2 is 1.88 bits per heavy atom. The first kappa shape index (κ1) is 16.3. The second kappa shape index (κ2) is 5.99. The highest BCUT2D eigenvalue weighted by atomic mass is 16.1. The molecule has 0 aliphatic heterocycles. The maximum atomic E-state index is 13.0. The number of carbonyl (C=O) groups is 1. The molecule has 3 aromatic rings. The molecule has 1 aliphatic rings. The van der Waals surface area contributed by atoms with Gasteiger partial charge in [0.1, 0.15) is 0 Å². The van der Waals surface area contributed by atoms with Crippen LogP contribution in [0.15, 0.2) is 54.6 Å². The smallest absolute Gasteiger partial charge is 0.252 e. The van der Waals surface area contributed by atoms with E-state index < -0.39 is 0 Å². The molecule has 1 saturated carbocycles. The number of aryl methyl sites for hydroxylation is 1. The highest BCUT2D eigenvalue weighted by Gasteiger charge is 2.46. The number of anilines is 1. The van der Waals surface area contributed by atoms with Gasteiger partial charge in [-0.3, -0.25) is 4.79 Å². The zero-order chi connectivity index (χ0) is 18.3. The molecule has 1 fully saturated rings. The van der Waals surface area contributed by atoms with Crippen molar-refractivity contribution in [1.29, 1.82) is 5.41 Å². The lowest BCUT2D eigenvalue weighted by atomic mass is 9.96. The maximum Gasteiger partial charge on any atom is 0.252 e. The minimum atomic E-state index is -0.306. The summed E-state index contributed by atoms with van der Waals surface area (Å²) in [4.78, 5) is 13.0. The lowest BCUT2D eigenvalue weighted by molar-refractivity contribution is 0.0930. The van der Waals surface area contributed by atoms with E-state index in [-0.39, 0.29) is 11.4 Å². The van der Waals surface area contributed by atoms with Crippen molar-refractivity contribution in [3.63, 3.8) is 0 Å². The summed E-state index contributed by atoms with van der Waals surface area (Å²) in [6.07, 6.45) is 3.07. The van der Waals surface area contributed by atoms with E-state index in [2.05, 4.69) is 29.6 Å². The molecule has 3 aromatic carbocycles. The minimum Gasteiger partial charge on any atom is -0.398 e. The number of hydrogen-bond acceptors (Lipinski definition) is 3. The third-order valence-electron chi connectivity index (χ3n) is 5.24. The Bertz CT molecular complexity index is 1030. The van der Waals surface area contributed by atoms with Crippen molar-refractivity contribution in [1.82, 2.24) is 5.32 Å². The van der Waals surface area contributed by atoms with Gasteiger partial charge in [-0.05, 0) is 53.8 Å². The van der Waals surface area contributed by atoms with Gasteiger partial charge in [0.2, 0.25) is 0 Å². The van der Waals surface area contributed by atoms with Gasteiger partial charge in [-0.1, -0.05) is 42.5 Å². The summed E-state index contributed by atoms with van der Waals surface area (Å²) >= 11 is 0. The third kappa shape index (κ3) is 2.64. The summed E-state index contributed by atoms with van der Waals surface area (Å²) in [5, 5.41) is 13.0. The molecule has 0 unspecified atom stereocenters. The first-order valence-electron chi connectivity index (χ1n) is 8.75. The molecule has 1 amide bonds. The molecule has 1 aliphatic carbocycles. The van der Waals surface area contributed by atoms with Gasteiger partial charge in [-0.15, -0.1) is 0 Å². The van der Waals surface area contributed by atoms with Crippen LogP contribution in [0.25, 0.3) is 10.8 Å². The van der Waals surface area contributed by atoms with E-state index in [1.807, 2.05) is 25.1 Å². The first-order chi connectivity index (χ1) is 12.5. The molecule has 4 rings (SSSR count). The zero-order valence-electron chi connectivity index (χ0n) is 14.7. The van der Waals surface area contributed by atoms with Crippen LogP contribution in [-0.2, 0) is 5.54 Å². The van der Waals surface area contributed by atoms with Crippen LogP contribution in [0, 0.1) is 12.3 Å². The van der Waals surface area contributed by atoms with Gasteiger partial charge in [0.05, 0.1) is 5.54 Å². The standard InChI is InChI=1S/C22H21N3O/c1-14-11-16(13-23)20(24)12-18(14)21(26)25-22(9-10-22)19-8-4-6-15-5-2-3-7-17(15)19/h2-8,11-13,23H,9-10,24H2,1H3,(H,25,26). The van der Waals surface area contributed by atoms with Gasteiger partial charge < -0.3 is 16.5 Å². The van der Waals surface area contributed by atoms with Gasteiger partial charge >= 0.3 is 0 Å². The van der Waals surface area contributed by atoms with Crippen LogP contribution in [0.2, 0.25) is 0 Å². The fourth-order valence-corrected chi connectivity index (χ4v) is 3.63. The topological polar surface area (TPSA) is 79.0 Å². The number of rotatable bonds is 4. The summed E-state index contributed by atoms with van der Waals surface area (Å²) in [5.74, 6) is -0.115. The van der Waals surface area contributed by atoms with Crippen LogP contribution >= 0.6 is 0 Å². The molecular formula is C22H21N3O. The van der Waals surface area contributed by atoms with Crippen LogP contribution < -0.4 is 11.1 Å². The molecule has 0 spiro atoms. The van der Waals surface area contributed by atoms with Crippen molar-refractivity contribution in [2.75, 3.05) is 5.73 Å². The van der Waals surface area contributed by atoms with Crippen LogP contribution in [-0.4, -0.2) is 12.1 Å². The Morgan fingerprint density at radius 3 is 2.62 bits per heavy atom. The van der Waals surface area contributed by atoms with Gasteiger partial charge in [0.25, 0.3) is 5.91 Å². The van der Waals surface area contributed by atoms with Gasteiger partial charge in [-0.25, -0.2) is 0 Å². The second-order valence-corrected chi connectivity index (χ2v) is 7.00. The lowest BCUT2D eigenvalue weighted by Crippen LogP contribution is -2.35. The quantitative estimate of drug-likeness (QED) is 0.491. The summed E-state index contributed by atoms with van der Waals surface area (Å²) in [5.41, 5.74) is 9.31. The van der Waals surface area contributed by atoms with Gasteiger partial charge in [0, 0.05) is 23.0 Å². The van der Waals surface area contributed by atoms with Crippen molar-refractivity contribution in [3.05, 3.63) is 76.9 Å². The van der Waals surface area contributed by atoms with E-state index in [1.54, 1.807) is 12.1 Å². The van der Waals surface area contributed by atoms with Crippen molar-refractivity contribution < 1.29 is 4.79 Å². The van der Waals surface area contributed by atoms with E-state index in [4.69, 9.17) is 11.1 Å². The summed E-state index contributed by atoms with van der Waals surface area (Å²) in [6, 6.07) is 18.0. The van der Waals surface area contributed by atoms with E-state index in [0.29, 0.717) is 16.8 Å². The van der Waals surface area contributed by atoms with Crippen molar-refractivity contribution in [2.24, 2.45) is 0 Å². The fourth-order valence-electron chi connectivity index (χ4n) is 3.63. The average molecular weight is 343 g/mol. The average Bonchev–Trinajstić information content (AvgIpc) is 3.43. The highest BCUT2D eigenvalue weighted by Crippen LogP contribution is 2.48. The Kier molecular flexibility index (Phi) is 3.76. The van der Waals surface area contributed by atoms with Crippen LogP contribution in [0.4, 0.5) is 5.69 Å². The molecular weight excluding hydrogens is 322 g/mol. The molecule has 0 bridgehead atoms. The molecule has 0 aromatic heterocycles. The Balaban J connectivity index is 1.70. The summed E-state index contributed by atoms with van der Waals surface area (Å²) in [7, 11) is 0. The van der Waals surface area contributed by atoms with Crippen LogP contribution in [0.1, 0.15) is 39.9 Å². The number of nitrogens with two attached hydrogens (primary N) is 1. The van der Waals surface area contributed by atoms with Crippen molar-refractivity contribution >= 4 is 28.6 Å². The number of hydrogen-bond donors (Lipinski definition) is 3. The molecule has 130 valence electrons. The van der Waals surface area contributed by atoms with E-state index in [0.717, 1.165) is 18.4 Å². The van der Waals surface area contributed by atoms with E-state index >= 15 is 0 Å². The molecule has 0 radical (unpaired) electrons. The van der Waals surface area contributed by atoms with Gasteiger partial charge in [0.15, 0.2) is 0 Å². The second-order valence-electron chi connectivity index (χ2n) is 7.00. The predicted octanol–water partition coefficient (Wildman–Crippen LogP) is 4.15. The largest absolute Gasteiger partial charge is 0.398 e. The minimum absolute atomic E-state index is 0.115. The molecule has 0 heterocycles. The Hall–Kier alpha value is -3.14. The normalized spacial score (nSPS) is 14.8. The number of amides is 1. The molecule has 4 N–H and O–H groups in total. The molecule has 4 heteroatoms. The van der Waals surface area contributed by atoms with E-state index in [9.17, 15) is 4.79 Å². The Morgan fingerprint density at radius 1 is 1.15 bits per heavy atom. The van der Waals surface area contributed by atoms with Crippen molar-refractivity contribution in [3.8, 4) is 0 Å². The molecule has 0 saturated heterocycles. The lowest BCUT2D eigenvalue weighted by Gasteiger charge is -2.21. The number of nitrogens with one attached hydrogen (secondary N) is 2. The molecule has 4 nitrogen and oxygen atoms in total. The summed E-state index contributed by atoms with van der Waals surface area (Å²) < 4.78 is 0. The number of fused-ring (bicyclic) bond motifs is 1. The van der Waals surface area contributed by atoms with Gasteiger partial charge in [-0.2, -0.15) is 0 Å². The highest BCUT2D eigenvalue weighted by molar-refractivity contribution is 6.00. The number of nitrogen functional groups attached to an aromatic ring is 1. The monoisotopic (exact) mass is 343 g/mol. The van der Waals surface area contributed by atoms with Crippen molar-refractivity contribution in [2.45, 2.75) is 25.3 Å². The predicted molar refractivity (Wildman–Crippen MR) is 106 cm³/mol. The Labute approximate surface area is 152 Å². The maximum absolute atomic E-state index is 13.0. The SMILES string of the molecule is Cc1cc(C=N)c(N)cc1C(=O)NC1(c2cccc3ccccc23)CC1. The first-order valence-corrected chi connectivity index (χ1v) is 8.75. The fraction of sp³-hybridized carbons (Fsp3) is 0.182. The van der Waals surface area contributed by atoms with E-state index in [1.165, 1.54) is 22.6 Å². The number of benzene rings is 3. The zero-order valence-corrected chi connectivity index (χ0v) is 14.7. The van der Waals surface area contributed by atoms with Crippen LogP contribution in [0.3, 0.4) is 0 Å². The molecule has 26 heavy (non-hydrogen) atoms. The molecule has 0 atom stereocenters.